The molecule has 0 unspecified atom stereocenters. The summed E-state index contributed by atoms with van der Waals surface area (Å²) in [6, 6.07) is 15.2. The molecule has 0 amide bonds. The number of thiazole rings is 1. The van der Waals surface area contributed by atoms with Crippen molar-refractivity contribution in [1.29, 1.82) is 0 Å². The number of benzene rings is 2. The number of para-hydroxylation sites is 2. The fourth-order valence-electron chi connectivity index (χ4n) is 2.62. The maximum atomic E-state index is 10.7. The Bertz CT molecular complexity index is 1060. The standard InChI is InChI=1S/C18H11ClN2OS2/c19-13-6-2-4-8-15(13)21-17(22)16(24-18(21)23)9-11-10-20-14-7-3-1-5-12(11)14/h1-10,22H/b11-9-. The molecule has 0 fully saturated rings. The summed E-state index contributed by atoms with van der Waals surface area (Å²) in [6.45, 7) is 0. The molecular formula is C18H11ClN2OS2. The van der Waals surface area contributed by atoms with E-state index in [1.165, 1.54) is 11.3 Å². The highest BCUT2D eigenvalue weighted by molar-refractivity contribution is 7.73. The van der Waals surface area contributed by atoms with E-state index in [9.17, 15) is 5.11 Å². The highest BCUT2D eigenvalue weighted by atomic mass is 35.5. The van der Waals surface area contributed by atoms with Crippen molar-refractivity contribution in [3.63, 3.8) is 0 Å². The van der Waals surface area contributed by atoms with E-state index in [1.807, 2.05) is 48.5 Å². The quantitative estimate of drug-likeness (QED) is 0.571. The largest absolute Gasteiger partial charge is 0.493 e. The van der Waals surface area contributed by atoms with Crippen LogP contribution in [0.1, 0.15) is 10.4 Å². The Kier molecular flexibility index (Phi) is 3.84. The van der Waals surface area contributed by atoms with Crippen LogP contribution in [0.3, 0.4) is 0 Å². The Morgan fingerprint density at radius 1 is 1.12 bits per heavy atom. The summed E-state index contributed by atoms with van der Waals surface area (Å²) >= 11 is 13.0. The van der Waals surface area contributed by atoms with E-state index in [1.54, 1.807) is 16.8 Å². The van der Waals surface area contributed by atoms with Crippen LogP contribution in [-0.4, -0.2) is 15.9 Å². The Morgan fingerprint density at radius 3 is 2.71 bits per heavy atom. The molecule has 1 N–H and O–H groups in total. The van der Waals surface area contributed by atoms with Crippen LogP contribution in [0.2, 0.25) is 5.02 Å². The van der Waals surface area contributed by atoms with Gasteiger partial charge < -0.3 is 5.11 Å². The zero-order chi connectivity index (χ0) is 16.7. The topological polar surface area (TPSA) is 37.5 Å². The van der Waals surface area contributed by atoms with Crippen LogP contribution in [0.15, 0.2) is 53.5 Å². The third kappa shape index (κ3) is 2.51. The molecule has 2 aromatic carbocycles. The van der Waals surface area contributed by atoms with Crippen molar-refractivity contribution in [3.8, 4) is 11.6 Å². The smallest absolute Gasteiger partial charge is 0.215 e. The van der Waals surface area contributed by atoms with Crippen molar-refractivity contribution in [2.75, 3.05) is 0 Å². The van der Waals surface area contributed by atoms with Gasteiger partial charge in [-0.3, -0.25) is 9.56 Å². The number of rotatable bonds is 2. The van der Waals surface area contributed by atoms with Gasteiger partial charge in [0, 0.05) is 17.4 Å². The first-order valence-corrected chi connectivity index (χ1v) is 8.80. The van der Waals surface area contributed by atoms with Gasteiger partial charge in [0.2, 0.25) is 5.88 Å². The molecule has 3 nitrogen and oxygen atoms in total. The lowest BCUT2D eigenvalue weighted by molar-refractivity contribution is 0.441. The van der Waals surface area contributed by atoms with Crippen LogP contribution in [0.5, 0.6) is 5.88 Å². The molecule has 1 aliphatic rings. The first-order chi connectivity index (χ1) is 11.6. The summed E-state index contributed by atoms with van der Waals surface area (Å²) in [7, 11) is 0. The number of nitrogens with zero attached hydrogens (tertiary/aromatic N) is 2. The van der Waals surface area contributed by atoms with Gasteiger partial charge >= 0.3 is 0 Å². The van der Waals surface area contributed by atoms with Gasteiger partial charge in [-0.15, -0.1) is 11.3 Å². The first-order valence-electron chi connectivity index (χ1n) is 7.20. The Hall–Kier alpha value is -2.21. The number of fused-ring (bicyclic) bond motifs is 1. The lowest BCUT2D eigenvalue weighted by Crippen LogP contribution is -1.93. The fourth-order valence-corrected chi connectivity index (χ4v) is 4.12. The molecule has 0 spiro atoms. The van der Waals surface area contributed by atoms with Gasteiger partial charge in [-0.05, 0) is 36.5 Å². The minimum absolute atomic E-state index is 0.0865. The van der Waals surface area contributed by atoms with Gasteiger partial charge in [0.15, 0.2) is 3.95 Å². The predicted molar refractivity (Wildman–Crippen MR) is 104 cm³/mol. The lowest BCUT2D eigenvalue weighted by Gasteiger charge is -2.06. The number of hydrogen-bond acceptors (Lipinski definition) is 4. The molecule has 2 heterocycles. The normalized spacial score (nSPS) is 14.3. The second kappa shape index (κ2) is 6.02. The monoisotopic (exact) mass is 370 g/mol. The van der Waals surface area contributed by atoms with Crippen molar-refractivity contribution >= 4 is 58.7 Å². The van der Waals surface area contributed by atoms with E-state index in [0.717, 1.165) is 16.8 Å². The van der Waals surface area contributed by atoms with Crippen LogP contribution < -0.4 is 0 Å². The number of halogens is 1. The van der Waals surface area contributed by atoms with Crippen LogP contribution in [-0.2, 0) is 0 Å². The van der Waals surface area contributed by atoms with Crippen molar-refractivity contribution in [2.45, 2.75) is 0 Å². The molecule has 3 aromatic rings. The number of hydrogen-bond donors (Lipinski definition) is 1. The van der Waals surface area contributed by atoms with E-state index in [-0.39, 0.29) is 5.88 Å². The zero-order valence-electron chi connectivity index (χ0n) is 12.3. The van der Waals surface area contributed by atoms with Crippen molar-refractivity contribution in [2.24, 2.45) is 4.99 Å². The third-order valence-corrected chi connectivity index (χ3v) is 5.38. The summed E-state index contributed by atoms with van der Waals surface area (Å²) in [4.78, 5) is 5.06. The van der Waals surface area contributed by atoms with Crippen molar-refractivity contribution in [1.82, 2.24) is 4.57 Å². The lowest BCUT2D eigenvalue weighted by atomic mass is 10.1. The molecule has 24 heavy (non-hydrogen) atoms. The molecule has 0 bridgehead atoms. The number of aliphatic imine (C=N–C) groups is 1. The fraction of sp³-hybridized carbons (Fsp3) is 0. The van der Waals surface area contributed by atoms with Crippen LogP contribution >= 0.6 is 35.2 Å². The maximum absolute atomic E-state index is 10.7. The maximum Gasteiger partial charge on any atom is 0.215 e. The van der Waals surface area contributed by atoms with Gasteiger partial charge in [0.1, 0.15) is 0 Å². The van der Waals surface area contributed by atoms with Gasteiger partial charge in [-0.25, -0.2) is 0 Å². The average Bonchev–Trinajstić information content (AvgIpc) is 3.11. The Balaban J connectivity index is 1.84. The van der Waals surface area contributed by atoms with Gasteiger partial charge in [-0.1, -0.05) is 41.9 Å². The second-order valence-electron chi connectivity index (χ2n) is 5.22. The van der Waals surface area contributed by atoms with Gasteiger partial charge in [-0.2, -0.15) is 0 Å². The minimum atomic E-state index is 0.0865. The highest BCUT2D eigenvalue weighted by Crippen LogP contribution is 2.37. The van der Waals surface area contributed by atoms with Crippen LogP contribution in [0.25, 0.3) is 17.3 Å². The molecule has 6 heteroatoms. The highest BCUT2D eigenvalue weighted by Gasteiger charge is 2.17. The van der Waals surface area contributed by atoms with Gasteiger partial charge in [0.05, 0.1) is 21.3 Å². The molecule has 118 valence electrons. The summed E-state index contributed by atoms with van der Waals surface area (Å²) < 4.78 is 2.13. The van der Waals surface area contributed by atoms with E-state index in [4.69, 9.17) is 23.8 Å². The van der Waals surface area contributed by atoms with Crippen molar-refractivity contribution < 1.29 is 5.11 Å². The number of aromatic nitrogens is 1. The molecule has 0 aliphatic carbocycles. The van der Waals surface area contributed by atoms with Crippen molar-refractivity contribution in [3.05, 3.63) is 67.9 Å². The molecule has 0 atom stereocenters. The third-order valence-electron chi connectivity index (χ3n) is 3.75. The average molecular weight is 371 g/mol. The molecule has 1 aromatic heterocycles. The Labute approximate surface area is 152 Å². The number of allylic oxidation sites excluding steroid dienone is 1. The van der Waals surface area contributed by atoms with E-state index < -0.39 is 0 Å². The molecule has 0 saturated heterocycles. The number of aromatic hydroxyl groups is 1. The minimum Gasteiger partial charge on any atom is -0.493 e. The van der Waals surface area contributed by atoms with Crippen LogP contribution in [0.4, 0.5) is 5.69 Å². The Morgan fingerprint density at radius 2 is 1.88 bits per heavy atom. The van der Waals surface area contributed by atoms with E-state index in [2.05, 4.69) is 4.99 Å². The molecule has 1 aliphatic heterocycles. The second-order valence-corrected chi connectivity index (χ2v) is 7.30. The molecule has 0 saturated carbocycles. The summed E-state index contributed by atoms with van der Waals surface area (Å²) in [5.74, 6) is 0.0865. The summed E-state index contributed by atoms with van der Waals surface area (Å²) in [5.41, 5.74) is 3.59. The summed E-state index contributed by atoms with van der Waals surface area (Å²) in [5, 5.41) is 11.2. The zero-order valence-corrected chi connectivity index (χ0v) is 14.7. The van der Waals surface area contributed by atoms with E-state index in [0.29, 0.717) is 19.5 Å². The van der Waals surface area contributed by atoms with E-state index >= 15 is 0 Å². The van der Waals surface area contributed by atoms with Gasteiger partial charge in [0.25, 0.3) is 0 Å². The first kappa shape index (κ1) is 15.3. The molecular weight excluding hydrogens is 360 g/mol. The van der Waals surface area contributed by atoms with Crippen LogP contribution in [0, 0.1) is 3.95 Å². The predicted octanol–water partition coefficient (Wildman–Crippen LogP) is 5.88. The summed E-state index contributed by atoms with van der Waals surface area (Å²) in [6.07, 6.45) is 3.70. The SMILES string of the molecule is Oc1c(/C=C2/C=Nc3ccccc32)sc(=S)n1-c1ccccc1Cl. The molecule has 4 rings (SSSR count). The molecule has 0 radical (unpaired) electrons.